The minimum atomic E-state index is -0.226. The van der Waals surface area contributed by atoms with E-state index >= 15 is 0 Å². The molecule has 0 fully saturated rings. The largest absolute Gasteiger partial charge is 0.206 e. The van der Waals surface area contributed by atoms with Gasteiger partial charge in [-0.15, -0.1) is 11.6 Å². The Bertz CT molecular complexity index is 254. The van der Waals surface area contributed by atoms with E-state index in [4.69, 9.17) is 11.6 Å². The molecule has 1 aromatic carbocycles. The normalized spacial score (nSPS) is 10.2. The van der Waals surface area contributed by atoms with Crippen molar-refractivity contribution in [3.63, 3.8) is 0 Å². The van der Waals surface area contributed by atoms with E-state index in [9.17, 15) is 4.39 Å². The summed E-state index contributed by atoms with van der Waals surface area (Å²) in [6, 6.07) is 3.26. The molecule has 0 nitrogen and oxygen atoms in total. The van der Waals surface area contributed by atoms with Gasteiger partial charge in [-0.1, -0.05) is 0 Å². The lowest BCUT2D eigenvalue weighted by atomic mass is 10.2. The van der Waals surface area contributed by atoms with Crippen LogP contribution in [0.5, 0.6) is 0 Å². The zero-order valence-electron chi connectivity index (χ0n) is 5.37. The van der Waals surface area contributed by atoms with Crippen LogP contribution in [-0.4, -0.2) is 0 Å². The predicted molar refractivity (Wildman–Crippen MR) is 56.4 cm³/mol. The van der Waals surface area contributed by atoms with E-state index in [0.717, 1.165) is 10.0 Å². The van der Waals surface area contributed by atoms with E-state index < -0.39 is 0 Å². The molecule has 4 heteroatoms. The van der Waals surface area contributed by atoms with Crippen LogP contribution >= 0.6 is 50.1 Å². The highest BCUT2D eigenvalue weighted by atomic mass is 127. The number of rotatable bonds is 1. The topological polar surface area (TPSA) is 0 Å². The Hall–Kier alpha value is 0.650. The molecular formula is C7H4BrClFI. The van der Waals surface area contributed by atoms with Crippen molar-refractivity contribution in [1.29, 1.82) is 0 Å². The summed E-state index contributed by atoms with van der Waals surface area (Å²) in [6.07, 6.45) is 0. The molecule has 0 saturated carbocycles. The van der Waals surface area contributed by atoms with Gasteiger partial charge in [0.05, 0.1) is 3.57 Å². The Morgan fingerprint density at radius 3 is 2.64 bits per heavy atom. The Balaban J connectivity index is 3.21. The summed E-state index contributed by atoms with van der Waals surface area (Å²) in [5.74, 6) is 0.113. The monoisotopic (exact) mass is 348 g/mol. The second-order valence-electron chi connectivity index (χ2n) is 2.01. The van der Waals surface area contributed by atoms with E-state index in [1.54, 1.807) is 0 Å². The molecule has 1 aromatic rings. The SMILES string of the molecule is Fc1cc(CCl)cc(Br)c1I. The first-order valence-corrected chi connectivity index (χ1v) is 5.25. The lowest BCUT2D eigenvalue weighted by Gasteiger charge is -2.00. The number of benzene rings is 1. The first-order chi connectivity index (χ1) is 5.15. The molecule has 0 aliphatic carbocycles. The maximum Gasteiger partial charge on any atom is 0.137 e. The third kappa shape index (κ3) is 2.29. The van der Waals surface area contributed by atoms with Crippen LogP contribution in [0.4, 0.5) is 4.39 Å². The molecule has 0 atom stereocenters. The predicted octanol–water partition coefficient (Wildman–Crippen LogP) is 3.93. The molecule has 0 heterocycles. The maximum absolute atomic E-state index is 12.9. The third-order valence-electron chi connectivity index (χ3n) is 1.20. The Morgan fingerprint density at radius 1 is 1.55 bits per heavy atom. The van der Waals surface area contributed by atoms with Gasteiger partial charge in [0.25, 0.3) is 0 Å². The van der Waals surface area contributed by atoms with Crippen LogP contribution in [-0.2, 0) is 5.88 Å². The second-order valence-corrected chi connectivity index (χ2v) is 4.21. The van der Waals surface area contributed by atoms with Crippen LogP contribution in [0.25, 0.3) is 0 Å². The van der Waals surface area contributed by atoms with Gasteiger partial charge in [-0.25, -0.2) is 4.39 Å². The summed E-state index contributed by atoms with van der Waals surface area (Å²) in [5.41, 5.74) is 0.788. The molecule has 0 amide bonds. The molecule has 0 bridgehead atoms. The Morgan fingerprint density at radius 2 is 2.18 bits per heavy atom. The average Bonchev–Trinajstić information content (AvgIpc) is 1.99. The minimum Gasteiger partial charge on any atom is -0.206 e. The van der Waals surface area contributed by atoms with E-state index in [1.807, 2.05) is 28.7 Å². The van der Waals surface area contributed by atoms with Crippen molar-refractivity contribution in [3.05, 3.63) is 31.6 Å². The van der Waals surface area contributed by atoms with Crippen LogP contribution < -0.4 is 0 Å². The number of halogens is 4. The van der Waals surface area contributed by atoms with Gasteiger partial charge in [0.2, 0.25) is 0 Å². The third-order valence-corrected chi connectivity index (χ3v) is 3.97. The highest BCUT2D eigenvalue weighted by molar-refractivity contribution is 14.1. The van der Waals surface area contributed by atoms with Gasteiger partial charge in [-0.05, 0) is 56.2 Å². The fourth-order valence-corrected chi connectivity index (χ4v) is 1.63. The summed E-state index contributed by atoms with van der Waals surface area (Å²) in [7, 11) is 0. The fraction of sp³-hybridized carbons (Fsp3) is 0.143. The van der Waals surface area contributed by atoms with Crippen LogP contribution in [0, 0.1) is 9.39 Å². The van der Waals surface area contributed by atoms with E-state index in [2.05, 4.69) is 15.9 Å². The summed E-state index contributed by atoms with van der Waals surface area (Å²) in [4.78, 5) is 0. The smallest absolute Gasteiger partial charge is 0.137 e. The first-order valence-electron chi connectivity index (χ1n) is 2.84. The summed E-state index contributed by atoms with van der Waals surface area (Å²) < 4.78 is 14.3. The molecule has 1 rings (SSSR count). The summed E-state index contributed by atoms with van der Waals surface area (Å²) in [5, 5.41) is 0. The van der Waals surface area contributed by atoms with Crippen molar-refractivity contribution in [1.82, 2.24) is 0 Å². The summed E-state index contributed by atoms with van der Waals surface area (Å²) in [6.45, 7) is 0. The molecular weight excluding hydrogens is 345 g/mol. The van der Waals surface area contributed by atoms with Crippen LogP contribution in [0.3, 0.4) is 0 Å². The number of hydrogen-bond donors (Lipinski definition) is 0. The molecule has 0 spiro atoms. The van der Waals surface area contributed by atoms with E-state index in [1.165, 1.54) is 6.07 Å². The van der Waals surface area contributed by atoms with Crippen molar-refractivity contribution >= 4 is 50.1 Å². The van der Waals surface area contributed by atoms with Gasteiger partial charge in [-0.2, -0.15) is 0 Å². The molecule has 11 heavy (non-hydrogen) atoms. The second kappa shape index (κ2) is 4.05. The molecule has 0 unspecified atom stereocenters. The molecule has 0 N–H and O–H groups in total. The highest BCUT2D eigenvalue weighted by Crippen LogP contribution is 2.24. The average molecular weight is 349 g/mol. The molecule has 0 aromatic heterocycles. The molecule has 0 aliphatic rings. The van der Waals surface area contributed by atoms with Crippen LogP contribution in [0.2, 0.25) is 0 Å². The number of hydrogen-bond acceptors (Lipinski definition) is 0. The Labute approximate surface area is 91.4 Å². The van der Waals surface area contributed by atoms with Gasteiger partial charge in [0.1, 0.15) is 5.82 Å². The van der Waals surface area contributed by atoms with Gasteiger partial charge >= 0.3 is 0 Å². The lowest BCUT2D eigenvalue weighted by Crippen LogP contribution is -1.87. The van der Waals surface area contributed by atoms with Gasteiger partial charge in [-0.3, -0.25) is 0 Å². The van der Waals surface area contributed by atoms with E-state index in [0.29, 0.717) is 9.45 Å². The number of alkyl halides is 1. The Kier molecular flexibility index (Phi) is 3.58. The highest BCUT2D eigenvalue weighted by Gasteiger charge is 2.04. The van der Waals surface area contributed by atoms with E-state index in [-0.39, 0.29) is 5.82 Å². The zero-order chi connectivity index (χ0) is 8.43. The van der Waals surface area contributed by atoms with Crippen LogP contribution in [0.15, 0.2) is 16.6 Å². The van der Waals surface area contributed by atoms with Crippen molar-refractivity contribution in [2.24, 2.45) is 0 Å². The van der Waals surface area contributed by atoms with Crippen molar-refractivity contribution in [2.45, 2.75) is 5.88 Å². The molecule has 0 radical (unpaired) electrons. The summed E-state index contributed by atoms with van der Waals surface area (Å²) >= 11 is 10.7. The van der Waals surface area contributed by atoms with Crippen molar-refractivity contribution < 1.29 is 4.39 Å². The van der Waals surface area contributed by atoms with Gasteiger partial charge in [0, 0.05) is 10.4 Å². The van der Waals surface area contributed by atoms with Gasteiger partial charge < -0.3 is 0 Å². The van der Waals surface area contributed by atoms with Crippen molar-refractivity contribution in [2.75, 3.05) is 0 Å². The molecule has 0 saturated heterocycles. The zero-order valence-corrected chi connectivity index (χ0v) is 9.87. The molecule has 60 valence electrons. The molecule has 0 aliphatic heterocycles. The van der Waals surface area contributed by atoms with Gasteiger partial charge in [0.15, 0.2) is 0 Å². The lowest BCUT2D eigenvalue weighted by molar-refractivity contribution is 0.617. The minimum absolute atomic E-state index is 0.226. The quantitative estimate of drug-likeness (QED) is 0.409. The van der Waals surface area contributed by atoms with Crippen molar-refractivity contribution in [3.8, 4) is 0 Å². The van der Waals surface area contributed by atoms with Crippen LogP contribution in [0.1, 0.15) is 5.56 Å². The fourth-order valence-electron chi connectivity index (χ4n) is 0.685. The first kappa shape index (κ1) is 9.74. The standard InChI is InChI=1S/C7H4BrClFI/c8-5-1-4(3-9)2-6(10)7(5)11/h1-2H,3H2. The maximum atomic E-state index is 12.9.